The molecule has 3 rings (SSSR count). The Morgan fingerprint density at radius 1 is 1.06 bits per heavy atom. The number of rotatable bonds is 6. The van der Waals surface area contributed by atoms with Crippen molar-refractivity contribution in [2.24, 2.45) is 5.92 Å². The molecule has 2 aromatic carbocycles. The van der Waals surface area contributed by atoms with Gasteiger partial charge in [0.1, 0.15) is 6.61 Å². The van der Waals surface area contributed by atoms with Crippen molar-refractivity contribution in [1.82, 2.24) is 4.31 Å². The quantitative estimate of drug-likeness (QED) is 0.581. The van der Waals surface area contributed by atoms with Crippen LogP contribution < -0.4 is 0 Å². The van der Waals surface area contributed by atoms with E-state index in [1.54, 1.807) is 0 Å². The summed E-state index contributed by atoms with van der Waals surface area (Å²) < 4.78 is 75.5. The molecular formula is C22H22F3NO6S. The molecule has 1 heterocycles. The van der Waals surface area contributed by atoms with Gasteiger partial charge in [-0.3, -0.25) is 4.79 Å². The molecule has 11 heteroatoms. The lowest BCUT2D eigenvalue weighted by molar-refractivity contribution is -0.151. The van der Waals surface area contributed by atoms with Crippen molar-refractivity contribution in [3.05, 3.63) is 65.2 Å². The highest BCUT2D eigenvalue weighted by atomic mass is 32.2. The third-order valence-corrected chi connectivity index (χ3v) is 7.29. The molecule has 0 bridgehead atoms. The van der Waals surface area contributed by atoms with E-state index in [1.807, 2.05) is 0 Å². The van der Waals surface area contributed by atoms with E-state index in [0.717, 1.165) is 19.2 Å². The molecule has 0 atom stereocenters. The van der Waals surface area contributed by atoms with Crippen LogP contribution in [-0.4, -0.2) is 44.9 Å². The number of ether oxygens (including phenoxy) is 2. The minimum atomic E-state index is -4.50. The number of sulfonamides is 1. The molecule has 1 aliphatic heterocycles. The van der Waals surface area contributed by atoms with Crippen LogP contribution in [0.4, 0.5) is 13.2 Å². The van der Waals surface area contributed by atoms with Gasteiger partial charge in [-0.2, -0.15) is 17.5 Å². The standard InChI is InChI=1S/C22H22F3NO6S/c1-31-21(28)18-7-2-3-8-19(18)33(29,30)26-11-9-16(10-12-26)20(27)32-14-15-5-4-6-17(13-15)22(23,24)25/h2-8,13,16H,9-12,14H2,1H3. The lowest BCUT2D eigenvalue weighted by atomic mass is 9.98. The topological polar surface area (TPSA) is 90.0 Å². The number of hydrogen-bond donors (Lipinski definition) is 0. The molecule has 0 spiro atoms. The maximum absolute atomic E-state index is 13.0. The van der Waals surface area contributed by atoms with Gasteiger partial charge < -0.3 is 9.47 Å². The average Bonchev–Trinajstić information content (AvgIpc) is 2.81. The summed E-state index contributed by atoms with van der Waals surface area (Å²) in [5, 5.41) is 0. The fraction of sp³-hybridized carbons (Fsp3) is 0.364. The molecule has 2 aromatic rings. The first-order valence-corrected chi connectivity index (χ1v) is 11.5. The van der Waals surface area contributed by atoms with Crippen molar-refractivity contribution in [1.29, 1.82) is 0 Å². The summed E-state index contributed by atoms with van der Waals surface area (Å²) in [4.78, 5) is 24.2. The van der Waals surface area contributed by atoms with Crippen LogP contribution in [0.5, 0.6) is 0 Å². The van der Waals surface area contributed by atoms with E-state index in [4.69, 9.17) is 4.74 Å². The predicted molar refractivity (Wildman–Crippen MR) is 111 cm³/mol. The number of methoxy groups -OCH3 is 1. The second kappa shape index (κ2) is 9.92. The van der Waals surface area contributed by atoms with Crippen LogP contribution in [0.25, 0.3) is 0 Å². The Morgan fingerprint density at radius 2 is 1.73 bits per heavy atom. The zero-order chi connectivity index (χ0) is 24.2. The van der Waals surface area contributed by atoms with Gasteiger partial charge in [-0.1, -0.05) is 24.3 Å². The minimum absolute atomic E-state index is 0.0289. The fourth-order valence-corrected chi connectivity index (χ4v) is 5.20. The Morgan fingerprint density at radius 3 is 2.36 bits per heavy atom. The molecule has 0 radical (unpaired) electrons. The molecule has 0 N–H and O–H groups in total. The van der Waals surface area contributed by atoms with Crippen LogP contribution in [0, 0.1) is 5.92 Å². The molecule has 1 aliphatic rings. The van der Waals surface area contributed by atoms with Gasteiger partial charge in [0.05, 0.1) is 29.1 Å². The molecule has 0 aliphatic carbocycles. The highest BCUT2D eigenvalue weighted by Crippen LogP contribution is 2.30. The van der Waals surface area contributed by atoms with E-state index in [9.17, 15) is 31.2 Å². The molecule has 0 unspecified atom stereocenters. The maximum Gasteiger partial charge on any atom is 0.416 e. The second-order valence-corrected chi connectivity index (χ2v) is 9.38. The fourth-order valence-electron chi connectivity index (χ4n) is 3.55. The third kappa shape index (κ3) is 5.72. The third-order valence-electron chi connectivity index (χ3n) is 5.33. The molecule has 1 saturated heterocycles. The molecule has 0 aromatic heterocycles. The summed E-state index contributed by atoms with van der Waals surface area (Å²) in [7, 11) is -2.84. The SMILES string of the molecule is COC(=O)c1ccccc1S(=O)(=O)N1CCC(C(=O)OCc2cccc(C(F)(F)F)c2)CC1. The van der Waals surface area contributed by atoms with E-state index < -0.39 is 39.6 Å². The minimum Gasteiger partial charge on any atom is -0.465 e. The highest BCUT2D eigenvalue weighted by molar-refractivity contribution is 7.89. The lowest BCUT2D eigenvalue weighted by Gasteiger charge is -2.30. The number of carbonyl (C=O) groups excluding carboxylic acids is 2. The largest absolute Gasteiger partial charge is 0.465 e. The second-order valence-electron chi connectivity index (χ2n) is 7.47. The Labute approximate surface area is 189 Å². The lowest BCUT2D eigenvalue weighted by Crippen LogP contribution is -2.41. The van der Waals surface area contributed by atoms with Crippen LogP contribution in [0.1, 0.15) is 34.3 Å². The summed E-state index contributed by atoms with van der Waals surface area (Å²) in [6.07, 6.45) is -4.13. The molecular weight excluding hydrogens is 463 g/mol. The summed E-state index contributed by atoms with van der Waals surface area (Å²) in [5.74, 6) is -1.96. The molecule has 0 saturated carbocycles. The van der Waals surface area contributed by atoms with Gasteiger partial charge in [0.25, 0.3) is 0 Å². The van der Waals surface area contributed by atoms with E-state index in [-0.39, 0.29) is 48.6 Å². The highest BCUT2D eigenvalue weighted by Gasteiger charge is 2.35. The summed E-state index contributed by atoms with van der Waals surface area (Å²) in [6.45, 7) is -0.254. The number of piperidine rings is 1. The average molecular weight is 485 g/mol. The number of alkyl halides is 3. The number of halogens is 3. The van der Waals surface area contributed by atoms with E-state index in [1.165, 1.54) is 40.7 Å². The van der Waals surface area contributed by atoms with Gasteiger partial charge >= 0.3 is 18.1 Å². The molecule has 7 nitrogen and oxygen atoms in total. The zero-order valence-electron chi connectivity index (χ0n) is 17.7. The smallest absolute Gasteiger partial charge is 0.416 e. The monoisotopic (exact) mass is 485 g/mol. The first kappa shape index (κ1) is 24.7. The Bertz CT molecular complexity index is 1120. The van der Waals surface area contributed by atoms with Gasteiger partial charge in [-0.15, -0.1) is 0 Å². The molecule has 33 heavy (non-hydrogen) atoms. The Kier molecular flexibility index (Phi) is 7.43. The number of esters is 2. The molecule has 0 amide bonds. The van der Waals surface area contributed by atoms with Crippen molar-refractivity contribution < 1.29 is 40.7 Å². The first-order valence-electron chi connectivity index (χ1n) is 10.0. The van der Waals surface area contributed by atoms with Crippen LogP contribution in [0.3, 0.4) is 0 Å². The van der Waals surface area contributed by atoms with Crippen molar-refractivity contribution in [2.75, 3.05) is 20.2 Å². The summed E-state index contributed by atoms with van der Waals surface area (Å²) in [5.41, 5.74) is -0.706. The Hall–Kier alpha value is -2.92. The number of benzene rings is 2. The van der Waals surface area contributed by atoms with Crippen LogP contribution in [0.2, 0.25) is 0 Å². The van der Waals surface area contributed by atoms with Gasteiger partial charge in [0.2, 0.25) is 10.0 Å². The van der Waals surface area contributed by atoms with Crippen LogP contribution >= 0.6 is 0 Å². The maximum atomic E-state index is 13.0. The number of nitrogens with zero attached hydrogens (tertiary/aromatic N) is 1. The predicted octanol–water partition coefficient (Wildman–Crippen LogP) is 3.64. The summed E-state index contributed by atoms with van der Waals surface area (Å²) >= 11 is 0. The van der Waals surface area contributed by atoms with Crippen molar-refractivity contribution in [3.8, 4) is 0 Å². The van der Waals surface area contributed by atoms with Crippen molar-refractivity contribution in [3.63, 3.8) is 0 Å². The van der Waals surface area contributed by atoms with Crippen molar-refractivity contribution >= 4 is 22.0 Å². The molecule has 1 fully saturated rings. The number of hydrogen-bond acceptors (Lipinski definition) is 6. The van der Waals surface area contributed by atoms with Crippen LogP contribution in [0.15, 0.2) is 53.4 Å². The molecule has 178 valence electrons. The zero-order valence-corrected chi connectivity index (χ0v) is 18.5. The summed E-state index contributed by atoms with van der Waals surface area (Å²) in [6, 6.07) is 10.2. The van der Waals surface area contributed by atoms with E-state index >= 15 is 0 Å². The van der Waals surface area contributed by atoms with Gasteiger partial charge in [0.15, 0.2) is 0 Å². The van der Waals surface area contributed by atoms with Gasteiger partial charge in [0, 0.05) is 13.1 Å². The normalized spacial score (nSPS) is 15.8. The van der Waals surface area contributed by atoms with Crippen molar-refractivity contribution in [2.45, 2.75) is 30.5 Å². The first-order chi connectivity index (χ1) is 15.5. The van der Waals surface area contributed by atoms with E-state index in [0.29, 0.717) is 0 Å². The van der Waals surface area contributed by atoms with Gasteiger partial charge in [-0.25, -0.2) is 13.2 Å². The Balaban J connectivity index is 1.61. The van der Waals surface area contributed by atoms with E-state index in [2.05, 4.69) is 4.74 Å². The van der Waals surface area contributed by atoms with Crippen LogP contribution in [-0.2, 0) is 37.1 Å². The van der Waals surface area contributed by atoms with Gasteiger partial charge in [-0.05, 0) is 42.7 Å². The number of carbonyl (C=O) groups is 2.